The monoisotopic (exact) mass is 439 g/mol. The van der Waals surface area contributed by atoms with Crippen molar-refractivity contribution in [1.29, 1.82) is 0 Å². The number of amides is 3. The normalized spacial score (nSPS) is 40.0. The summed E-state index contributed by atoms with van der Waals surface area (Å²) in [7, 11) is 0. The first-order chi connectivity index (χ1) is 14.3. The van der Waals surface area contributed by atoms with Crippen LogP contribution in [0.2, 0.25) is 0 Å². The highest BCUT2D eigenvalue weighted by Gasteiger charge is 2.62. The third-order valence-corrected chi connectivity index (χ3v) is 7.46. The minimum Gasteiger partial charge on any atom is -0.444 e. The van der Waals surface area contributed by atoms with Crippen LogP contribution in [0.3, 0.4) is 0 Å². The first-order valence-corrected chi connectivity index (χ1v) is 11.2. The lowest BCUT2D eigenvalue weighted by Gasteiger charge is -2.62. The van der Waals surface area contributed by atoms with Gasteiger partial charge < -0.3 is 25.8 Å². The molecule has 174 valence electrons. The van der Waals surface area contributed by atoms with E-state index < -0.39 is 52.8 Å². The molecule has 2 unspecified atom stereocenters. The summed E-state index contributed by atoms with van der Waals surface area (Å²) in [5, 5.41) is 13.9. The Kier molecular flexibility index (Phi) is 5.26. The molecule has 4 aliphatic carbocycles. The number of halogens is 1. The largest absolute Gasteiger partial charge is 0.444 e. The van der Waals surface area contributed by atoms with Gasteiger partial charge in [0.05, 0.1) is 12.1 Å². The second-order valence-electron chi connectivity index (χ2n) is 11.4. The van der Waals surface area contributed by atoms with Crippen LogP contribution in [0.1, 0.15) is 65.7 Å². The van der Waals surface area contributed by atoms with E-state index in [0.29, 0.717) is 32.1 Å². The van der Waals surface area contributed by atoms with Gasteiger partial charge in [-0.1, -0.05) is 0 Å². The van der Waals surface area contributed by atoms with Crippen LogP contribution in [0.25, 0.3) is 0 Å². The van der Waals surface area contributed by atoms with Crippen molar-refractivity contribution in [2.45, 2.75) is 95.2 Å². The molecular weight excluding hydrogens is 405 g/mol. The Balaban J connectivity index is 1.66. The molecule has 0 radical (unpaired) electrons. The molecule has 5 fully saturated rings. The summed E-state index contributed by atoms with van der Waals surface area (Å²) in [6.07, 6.45) is 2.01. The number of carbonyl (C=O) groups is 3. The summed E-state index contributed by atoms with van der Waals surface area (Å²) in [6, 6.07) is -2.05. The lowest BCUT2D eigenvalue weighted by Crippen LogP contribution is -2.67. The molecule has 1 saturated heterocycles. The van der Waals surface area contributed by atoms with Crippen molar-refractivity contribution in [3.8, 4) is 0 Å². The highest BCUT2D eigenvalue weighted by Crippen LogP contribution is 2.63. The number of hydrogen-bond acceptors (Lipinski definition) is 5. The number of ether oxygens (including phenoxy) is 1. The third kappa shape index (κ3) is 4.25. The number of nitrogens with two attached hydrogens (primary N) is 1. The smallest absolute Gasteiger partial charge is 0.408 e. The molecule has 9 heteroatoms. The topological polar surface area (TPSA) is 122 Å². The molecule has 31 heavy (non-hydrogen) atoms. The van der Waals surface area contributed by atoms with Crippen LogP contribution >= 0.6 is 0 Å². The van der Waals surface area contributed by atoms with Crippen molar-refractivity contribution >= 4 is 17.9 Å². The van der Waals surface area contributed by atoms with Crippen LogP contribution in [0.4, 0.5) is 9.18 Å². The quantitative estimate of drug-likeness (QED) is 0.615. The second-order valence-corrected chi connectivity index (χ2v) is 11.4. The van der Waals surface area contributed by atoms with Crippen LogP contribution in [-0.2, 0) is 14.3 Å². The van der Waals surface area contributed by atoms with Crippen molar-refractivity contribution in [3.63, 3.8) is 0 Å². The summed E-state index contributed by atoms with van der Waals surface area (Å²) in [6.45, 7) is 4.96. The molecule has 4 bridgehead atoms. The molecule has 3 amide bonds. The summed E-state index contributed by atoms with van der Waals surface area (Å²) in [5.74, 6) is -0.711. The standard InChI is InChI=1S/C22H34FN3O5/c1-20(2,3)31-19(29)25-16(18(28)26-10-14(23)5-15(26)17(24)27)21-6-12-4-13(7-21)9-22(30,8-12)11-21/h12-16,30H,4-11H2,1-3H3,(H2,24,27)(H,25,29)/t12?,13?,14-,15-,16+,21?,22?/m0/s1. The molecular formula is C22H34FN3O5. The number of primary amides is 1. The van der Waals surface area contributed by atoms with Gasteiger partial charge in [-0.05, 0) is 71.1 Å². The lowest BCUT2D eigenvalue weighted by molar-refractivity contribution is -0.180. The predicted octanol–water partition coefficient (Wildman–Crippen LogP) is 1.64. The zero-order valence-electron chi connectivity index (χ0n) is 18.5. The first kappa shape index (κ1) is 22.3. The molecule has 0 aromatic rings. The highest BCUT2D eigenvalue weighted by atomic mass is 19.1. The maximum atomic E-state index is 14.2. The molecule has 0 spiro atoms. The maximum Gasteiger partial charge on any atom is 0.408 e. The van der Waals surface area contributed by atoms with Crippen molar-refractivity contribution < 1.29 is 28.6 Å². The maximum absolute atomic E-state index is 14.2. The Morgan fingerprint density at radius 1 is 1.16 bits per heavy atom. The van der Waals surface area contributed by atoms with Gasteiger partial charge in [-0.2, -0.15) is 0 Å². The Bertz CT molecular complexity index is 768. The van der Waals surface area contributed by atoms with E-state index in [-0.39, 0.29) is 24.8 Å². The Morgan fingerprint density at radius 2 is 1.77 bits per heavy atom. The van der Waals surface area contributed by atoms with Gasteiger partial charge in [0, 0.05) is 11.8 Å². The van der Waals surface area contributed by atoms with E-state index in [1.54, 1.807) is 20.8 Å². The van der Waals surface area contributed by atoms with E-state index in [2.05, 4.69) is 5.32 Å². The molecule has 0 aromatic heterocycles. The number of nitrogens with one attached hydrogen (secondary N) is 1. The highest BCUT2D eigenvalue weighted by molar-refractivity contribution is 5.92. The van der Waals surface area contributed by atoms with Gasteiger partial charge in [0.25, 0.3) is 0 Å². The van der Waals surface area contributed by atoms with E-state index in [4.69, 9.17) is 10.5 Å². The zero-order chi connectivity index (χ0) is 22.8. The van der Waals surface area contributed by atoms with E-state index in [1.807, 2.05) is 0 Å². The molecule has 8 nitrogen and oxygen atoms in total. The van der Waals surface area contributed by atoms with Crippen LogP contribution in [-0.4, -0.2) is 63.9 Å². The number of alkyl halides is 1. The van der Waals surface area contributed by atoms with Gasteiger partial charge in [-0.15, -0.1) is 0 Å². The number of carbonyl (C=O) groups excluding carboxylic acids is 3. The Hall–Kier alpha value is -1.90. The Morgan fingerprint density at radius 3 is 2.29 bits per heavy atom. The molecule has 1 heterocycles. The first-order valence-electron chi connectivity index (χ1n) is 11.2. The number of rotatable bonds is 4. The molecule has 5 aliphatic rings. The summed E-state index contributed by atoms with van der Waals surface area (Å²) < 4.78 is 19.6. The van der Waals surface area contributed by atoms with Crippen LogP contribution in [0.15, 0.2) is 0 Å². The van der Waals surface area contributed by atoms with Crippen LogP contribution in [0, 0.1) is 17.3 Å². The number of nitrogens with zero attached hydrogens (tertiary/aromatic N) is 1. The van der Waals surface area contributed by atoms with Crippen molar-refractivity contribution in [2.24, 2.45) is 23.0 Å². The van der Waals surface area contributed by atoms with Crippen molar-refractivity contribution in [2.75, 3.05) is 6.54 Å². The minimum absolute atomic E-state index is 0.136. The summed E-state index contributed by atoms with van der Waals surface area (Å²) in [5.41, 5.74) is 3.19. The molecule has 0 aromatic carbocycles. The average molecular weight is 440 g/mol. The van der Waals surface area contributed by atoms with E-state index in [1.165, 1.54) is 4.90 Å². The third-order valence-electron chi connectivity index (χ3n) is 7.46. The predicted molar refractivity (Wildman–Crippen MR) is 109 cm³/mol. The molecule has 4 saturated carbocycles. The van der Waals surface area contributed by atoms with E-state index >= 15 is 0 Å². The fourth-order valence-corrected chi connectivity index (χ4v) is 6.99. The van der Waals surface area contributed by atoms with Crippen LogP contribution < -0.4 is 11.1 Å². The molecule has 5 atom stereocenters. The molecule has 5 rings (SSSR count). The van der Waals surface area contributed by atoms with Gasteiger partial charge in [0.2, 0.25) is 11.8 Å². The Labute approximate surface area is 182 Å². The SMILES string of the molecule is CC(C)(C)OC(=O)N[C@H](C(=O)N1C[C@@H](F)C[C@H]1C(N)=O)C12CC3CC(CC(O)(C3)C1)C2. The summed E-state index contributed by atoms with van der Waals surface area (Å²) in [4.78, 5) is 39.5. The number of aliphatic hydroxyl groups is 1. The van der Waals surface area contributed by atoms with Gasteiger partial charge in [0.15, 0.2) is 0 Å². The zero-order valence-corrected chi connectivity index (χ0v) is 18.5. The molecule has 1 aliphatic heterocycles. The van der Waals surface area contributed by atoms with Gasteiger partial charge >= 0.3 is 6.09 Å². The fraction of sp³-hybridized carbons (Fsp3) is 0.864. The number of likely N-dealkylation sites (tertiary alicyclic amines) is 1. The number of alkyl carbamates (subject to hydrolysis) is 1. The van der Waals surface area contributed by atoms with Gasteiger partial charge in [0.1, 0.15) is 23.9 Å². The van der Waals surface area contributed by atoms with Gasteiger partial charge in [-0.25, -0.2) is 9.18 Å². The van der Waals surface area contributed by atoms with E-state index in [9.17, 15) is 23.9 Å². The van der Waals surface area contributed by atoms with Crippen molar-refractivity contribution in [3.05, 3.63) is 0 Å². The molecule has 4 N–H and O–H groups in total. The minimum atomic E-state index is -1.34. The second kappa shape index (κ2) is 7.32. The lowest BCUT2D eigenvalue weighted by atomic mass is 9.46. The van der Waals surface area contributed by atoms with Gasteiger partial charge in [-0.3, -0.25) is 9.59 Å². The van der Waals surface area contributed by atoms with E-state index in [0.717, 1.165) is 6.42 Å². The fourth-order valence-electron chi connectivity index (χ4n) is 6.99. The summed E-state index contributed by atoms with van der Waals surface area (Å²) >= 11 is 0. The average Bonchev–Trinajstić information content (AvgIpc) is 2.97. The van der Waals surface area contributed by atoms with Crippen LogP contribution in [0.5, 0.6) is 0 Å². The number of hydrogen-bond donors (Lipinski definition) is 3. The van der Waals surface area contributed by atoms with Crippen molar-refractivity contribution in [1.82, 2.24) is 10.2 Å².